The van der Waals surface area contributed by atoms with Gasteiger partial charge in [0.25, 0.3) is 0 Å². The molecule has 4 nitrogen and oxygen atoms in total. The van der Waals surface area contributed by atoms with Crippen LogP contribution in [0.4, 0.5) is 0 Å². The fourth-order valence-corrected chi connectivity index (χ4v) is 2.95. The van der Waals surface area contributed by atoms with Crippen LogP contribution in [0.3, 0.4) is 0 Å². The number of hydrogen-bond donors (Lipinski definition) is 1. The molecule has 0 spiro atoms. The Balaban J connectivity index is 1.55. The molecule has 2 aliphatic rings. The first-order chi connectivity index (χ1) is 8.79. The van der Waals surface area contributed by atoms with Crippen molar-refractivity contribution in [2.24, 2.45) is 0 Å². The molecule has 2 unspecified atom stereocenters. The van der Waals surface area contributed by atoms with E-state index in [0.29, 0.717) is 18.2 Å². The SMILES string of the molecule is COC1CCN(CCNC(C)C2CCCO2)CC1. The number of rotatable bonds is 6. The van der Waals surface area contributed by atoms with Crippen LogP contribution in [0.1, 0.15) is 32.6 Å². The lowest BCUT2D eigenvalue weighted by Gasteiger charge is -2.31. The van der Waals surface area contributed by atoms with Gasteiger partial charge in [-0.1, -0.05) is 0 Å². The molecule has 2 atom stereocenters. The van der Waals surface area contributed by atoms with E-state index in [9.17, 15) is 0 Å². The molecule has 0 aliphatic carbocycles. The van der Waals surface area contributed by atoms with Crippen LogP contribution in [0.5, 0.6) is 0 Å². The van der Waals surface area contributed by atoms with Crippen molar-refractivity contribution in [1.82, 2.24) is 10.2 Å². The highest BCUT2D eigenvalue weighted by atomic mass is 16.5. The van der Waals surface area contributed by atoms with Gasteiger partial charge < -0.3 is 19.7 Å². The third kappa shape index (κ3) is 4.19. The number of hydrogen-bond acceptors (Lipinski definition) is 4. The van der Waals surface area contributed by atoms with E-state index >= 15 is 0 Å². The first-order valence-corrected chi connectivity index (χ1v) is 7.39. The minimum Gasteiger partial charge on any atom is -0.381 e. The van der Waals surface area contributed by atoms with Crippen LogP contribution in [0.15, 0.2) is 0 Å². The van der Waals surface area contributed by atoms with Gasteiger partial charge in [-0.3, -0.25) is 0 Å². The summed E-state index contributed by atoms with van der Waals surface area (Å²) in [6.45, 7) is 7.75. The van der Waals surface area contributed by atoms with Gasteiger partial charge in [0.15, 0.2) is 0 Å². The molecule has 1 N–H and O–H groups in total. The summed E-state index contributed by atoms with van der Waals surface area (Å²) < 4.78 is 11.1. The van der Waals surface area contributed by atoms with Crippen molar-refractivity contribution in [2.45, 2.75) is 50.9 Å². The Morgan fingerprint density at radius 2 is 2.11 bits per heavy atom. The largest absolute Gasteiger partial charge is 0.381 e. The number of likely N-dealkylation sites (tertiary alicyclic amines) is 1. The highest BCUT2D eigenvalue weighted by molar-refractivity contribution is 4.78. The van der Waals surface area contributed by atoms with Gasteiger partial charge >= 0.3 is 0 Å². The van der Waals surface area contributed by atoms with E-state index in [1.165, 1.54) is 38.8 Å². The van der Waals surface area contributed by atoms with Crippen LogP contribution in [0.25, 0.3) is 0 Å². The van der Waals surface area contributed by atoms with Gasteiger partial charge in [0.1, 0.15) is 0 Å². The number of nitrogens with zero attached hydrogens (tertiary/aromatic N) is 1. The van der Waals surface area contributed by atoms with Crippen molar-refractivity contribution < 1.29 is 9.47 Å². The predicted octanol–water partition coefficient (Wildman–Crippen LogP) is 1.25. The standard InChI is InChI=1S/C14H28N2O2/c1-12(14-4-3-11-18-14)15-7-10-16-8-5-13(17-2)6-9-16/h12-15H,3-11H2,1-2H3. The van der Waals surface area contributed by atoms with Crippen LogP contribution < -0.4 is 5.32 Å². The van der Waals surface area contributed by atoms with Gasteiger partial charge in [0.05, 0.1) is 12.2 Å². The first-order valence-electron chi connectivity index (χ1n) is 7.39. The Morgan fingerprint density at radius 3 is 2.72 bits per heavy atom. The van der Waals surface area contributed by atoms with Crippen molar-refractivity contribution in [2.75, 3.05) is 39.9 Å². The second kappa shape index (κ2) is 7.43. The molecule has 0 saturated carbocycles. The maximum atomic E-state index is 5.69. The minimum atomic E-state index is 0.434. The van der Waals surface area contributed by atoms with Gasteiger partial charge in [-0.05, 0) is 32.6 Å². The average molecular weight is 256 g/mol. The molecule has 4 heteroatoms. The van der Waals surface area contributed by atoms with E-state index in [1.54, 1.807) is 0 Å². The number of ether oxygens (including phenoxy) is 2. The Labute approximate surface area is 111 Å². The van der Waals surface area contributed by atoms with Crippen LogP contribution in [0, 0.1) is 0 Å². The highest BCUT2D eigenvalue weighted by Gasteiger charge is 2.22. The molecule has 2 saturated heterocycles. The number of nitrogens with one attached hydrogen (secondary N) is 1. The Hall–Kier alpha value is -0.160. The maximum absolute atomic E-state index is 5.69. The molecule has 2 fully saturated rings. The Bertz CT molecular complexity index is 224. The molecule has 18 heavy (non-hydrogen) atoms. The fourth-order valence-electron chi connectivity index (χ4n) is 2.95. The Kier molecular flexibility index (Phi) is 5.89. The third-order valence-corrected chi connectivity index (χ3v) is 4.28. The second-order valence-electron chi connectivity index (χ2n) is 5.57. The molecule has 0 aromatic heterocycles. The van der Waals surface area contributed by atoms with Gasteiger partial charge in [0, 0.05) is 45.9 Å². The molecule has 106 valence electrons. The molecule has 2 aliphatic heterocycles. The first kappa shape index (κ1) is 14.3. The molecular weight excluding hydrogens is 228 g/mol. The summed E-state index contributed by atoms with van der Waals surface area (Å²) in [4.78, 5) is 2.53. The molecule has 0 bridgehead atoms. The average Bonchev–Trinajstić information content (AvgIpc) is 2.93. The van der Waals surface area contributed by atoms with Crippen molar-refractivity contribution >= 4 is 0 Å². The highest BCUT2D eigenvalue weighted by Crippen LogP contribution is 2.15. The van der Waals surface area contributed by atoms with E-state index in [2.05, 4.69) is 17.1 Å². The fraction of sp³-hybridized carbons (Fsp3) is 1.00. The topological polar surface area (TPSA) is 33.7 Å². The van der Waals surface area contributed by atoms with Crippen LogP contribution in [-0.2, 0) is 9.47 Å². The molecule has 0 radical (unpaired) electrons. The summed E-state index contributed by atoms with van der Waals surface area (Å²) >= 11 is 0. The monoisotopic (exact) mass is 256 g/mol. The van der Waals surface area contributed by atoms with Gasteiger partial charge in [-0.2, -0.15) is 0 Å². The Morgan fingerprint density at radius 1 is 1.33 bits per heavy atom. The summed E-state index contributed by atoms with van der Waals surface area (Å²) in [6, 6.07) is 0.490. The zero-order valence-corrected chi connectivity index (χ0v) is 11.9. The summed E-state index contributed by atoms with van der Waals surface area (Å²) in [6.07, 6.45) is 5.72. The summed E-state index contributed by atoms with van der Waals surface area (Å²) in [7, 11) is 1.82. The second-order valence-corrected chi connectivity index (χ2v) is 5.57. The van der Waals surface area contributed by atoms with Crippen molar-refractivity contribution in [3.05, 3.63) is 0 Å². The minimum absolute atomic E-state index is 0.434. The molecule has 0 aromatic carbocycles. The lowest BCUT2D eigenvalue weighted by atomic mass is 10.1. The maximum Gasteiger partial charge on any atom is 0.0726 e. The molecular formula is C14H28N2O2. The lowest BCUT2D eigenvalue weighted by Crippen LogP contribution is -2.44. The summed E-state index contributed by atoms with van der Waals surface area (Å²) in [5.74, 6) is 0. The quantitative estimate of drug-likeness (QED) is 0.775. The molecule has 2 heterocycles. The van der Waals surface area contributed by atoms with E-state index in [4.69, 9.17) is 9.47 Å². The van der Waals surface area contributed by atoms with Gasteiger partial charge in [0.2, 0.25) is 0 Å². The normalized spacial score (nSPS) is 28.7. The summed E-state index contributed by atoms with van der Waals surface area (Å²) in [5.41, 5.74) is 0. The van der Waals surface area contributed by atoms with E-state index in [-0.39, 0.29) is 0 Å². The van der Waals surface area contributed by atoms with E-state index in [1.807, 2.05) is 7.11 Å². The smallest absolute Gasteiger partial charge is 0.0726 e. The number of piperidine rings is 1. The molecule has 0 amide bonds. The van der Waals surface area contributed by atoms with E-state index < -0.39 is 0 Å². The zero-order valence-electron chi connectivity index (χ0n) is 11.9. The number of methoxy groups -OCH3 is 1. The van der Waals surface area contributed by atoms with Crippen LogP contribution in [0.2, 0.25) is 0 Å². The van der Waals surface area contributed by atoms with Gasteiger partial charge in [-0.15, -0.1) is 0 Å². The van der Waals surface area contributed by atoms with E-state index in [0.717, 1.165) is 19.7 Å². The lowest BCUT2D eigenvalue weighted by molar-refractivity contribution is 0.0401. The summed E-state index contributed by atoms with van der Waals surface area (Å²) in [5, 5.41) is 3.60. The van der Waals surface area contributed by atoms with Gasteiger partial charge in [-0.25, -0.2) is 0 Å². The van der Waals surface area contributed by atoms with Crippen LogP contribution >= 0.6 is 0 Å². The van der Waals surface area contributed by atoms with Crippen molar-refractivity contribution in [3.8, 4) is 0 Å². The van der Waals surface area contributed by atoms with Crippen molar-refractivity contribution in [3.63, 3.8) is 0 Å². The predicted molar refractivity (Wildman–Crippen MR) is 72.9 cm³/mol. The zero-order chi connectivity index (χ0) is 12.8. The van der Waals surface area contributed by atoms with Crippen LogP contribution in [-0.4, -0.2) is 63.0 Å². The van der Waals surface area contributed by atoms with Crippen molar-refractivity contribution in [1.29, 1.82) is 0 Å². The third-order valence-electron chi connectivity index (χ3n) is 4.28. The molecule has 2 rings (SSSR count). The molecule has 0 aromatic rings.